The molecule has 0 aliphatic carbocycles. The summed E-state index contributed by atoms with van der Waals surface area (Å²) in [5.74, 6) is 1.09. The van der Waals surface area contributed by atoms with Gasteiger partial charge in [-0.1, -0.05) is 25.4 Å². The van der Waals surface area contributed by atoms with Crippen molar-refractivity contribution in [1.82, 2.24) is 15.1 Å². The molecule has 1 unspecified atom stereocenters. The van der Waals surface area contributed by atoms with E-state index in [1.807, 2.05) is 37.5 Å². The van der Waals surface area contributed by atoms with Gasteiger partial charge in [-0.3, -0.25) is 4.68 Å². The zero-order valence-corrected chi connectivity index (χ0v) is 12.8. The largest absolute Gasteiger partial charge is 0.316 e. The molecule has 0 aliphatic heterocycles. The van der Waals surface area contributed by atoms with Crippen LogP contribution < -0.4 is 5.32 Å². The third-order valence-electron chi connectivity index (χ3n) is 2.74. The molecule has 5 heteroatoms. The van der Waals surface area contributed by atoms with Crippen molar-refractivity contribution in [2.45, 2.75) is 38.5 Å². The number of nitrogens with zero attached hydrogens (tertiary/aromatic N) is 2. The van der Waals surface area contributed by atoms with Crippen LogP contribution in [0.5, 0.6) is 0 Å². The quantitative estimate of drug-likeness (QED) is 0.866. The summed E-state index contributed by atoms with van der Waals surface area (Å²) in [5.41, 5.74) is 2.03. The van der Waals surface area contributed by atoms with E-state index in [0.29, 0.717) is 11.3 Å². The molecule has 0 fully saturated rings. The second-order valence-corrected chi connectivity index (χ2v) is 6.53. The van der Waals surface area contributed by atoms with E-state index < -0.39 is 0 Å². The standard InChI is InChI=1S/C12H22ClN3S/c1-8(2)17-7-10(14-4)6-11-12(13)9(3)15-16(11)5/h8,10,14H,6-7H2,1-5H3. The van der Waals surface area contributed by atoms with E-state index in [4.69, 9.17) is 11.6 Å². The van der Waals surface area contributed by atoms with Gasteiger partial charge in [-0.25, -0.2) is 0 Å². The molecule has 1 N–H and O–H groups in total. The molecule has 0 radical (unpaired) electrons. The first-order chi connectivity index (χ1) is 7.95. The molecule has 98 valence electrons. The van der Waals surface area contributed by atoms with E-state index in [2.05, 4.69) is 24.3 Å². The van der Waals surface area contributed by atoms with Crippen molar-refractivity contribution in [1.29, 1.82) is 0 Å². The maximum absolute atomic E-state index is 6.26. The fourth-order valence-corrected chi connectivity index (χ4v) is 2.83. The van der Waals surface area contributed by atoms with E-state index in [9.17, 15) is 0 Å². The highest BCUT2D eigenvalue weighted by atomic mass is 35.5. The molecule has 0 aliphatic rings. The van der Waals surface area contributed by atoms with Crippen molar-refractivity contribution in [3.63, 3.8) is 0 Å². The average Bonchev–Trinajstić information content (AvgIpc) is 2.49. The molecule has 1 aromatic heterocycles. The highest BCUT2D eigenvalue weighted by Crippen LogP contribution is 2.22. The van der Waals surface area contributed by atoms with Gasteiger partial charge >= 0.3 is 0 Å². The lowest BCUT2D eigenvalue weighted by Crippen LogP contribution is -2.31. The van der Waals surface area contributed by atoms with Gasteiger partial charge in [0.25, 0.3) is 0 Å². The van der Waals surface area contributed by atoms with Crippen molar-refractivity contribution < 1.29 is 0 Å². The van der Waals surface area contributed by atoms with Crippen LogP contribution in [0.15, 0.2) is 0 Å². The zero-order chi connectivity index (χ0) is 13.0. The van der Waals surface area contributed by atoms with Gasteiger partial charge in [0, 0.05) is 25.3 Å². The van der Waals surface area contributed by atoms with Crippen molar-refractivity contribution in [3.05, 3.63) is 16.4 Å². The number of rotatable bonds is 6. The summed E-state index contributed by atoms with van der Waals surface area (Å²) >= 11 is 8.23. The van der Waals surface area contributed by atoms with Crippen molar-refractivity contribution in [2.75, 3.05) is 12.8 Å². The monoisotopic (exact) mass is 275 g/mol. The van der Waals surface area contributed by atoms with Crippen LogP contribution in [-0.2, 0) is 13.5 Å². The van der Waals surface area contributed by atoms with Crippen LogP contribution in [0, 0.1) is 6.92 Å². The maximum Gasteiger partial charge on any atom is 0.0847 e. The van der Waals surface area contributed by atoms with E-state index in [-0.39, 0.29) is 0 Å². The zero-order valence-electron chi connectivity index (χ0n) is 11.2. The van der Waals surface area contributed by atoms with Gasteiger partial charge < -0.3 is 5.32 Å². The van der Waals surface area contributed by atoms with E-state index in [1.54, 1.807) is 0 Å². The summed E-state index contributed by atoms with van der Waals surface area (Å²) < 4.78 is 1.89. The summed E-state index contributed by atoms with van der Waals surface area (Å²) in [7, 11) is 3.96. The Labute approximate surface area is 113 Å². The third-order valence-corrected chi connectivity index (χ3v) is 4.49. The van der Waals surface area contributed by atoms with Gasteiger partial charge in [0.15, 0.2) is 0 Å². The molecule has 1 heterocycles. The lowest BCUT2D eigenvalue weighted by Gasteiger charge is -2.17. The topological polar surface area (TPSA) is 29.9 Å². The normalized spacial score (nSPS) is 13.4. The van der Waals surface area contributed by atoms with Crippen molar-refractivity contribution in [2.24, 2.45) is 7.05 Å². The van der Waals surface area contributed by atoms with Crippen LogP contribution in [0.3, 0.4) is 0 Å². The maximum atomic E-state index is 6.26. The van der Waals surface area contributed by atoms with Gasteiger partial charge in [-0.05, 0) is 19.2 Å². The Bertz CT molecular complexity index is 363. The Morgan fingerprint density at radius 1 is 1.47 bits per heavy atom. The number of thioether (sulfide) groups is 1. The molecule has 17 heavy (non-hydrogen) atoms. The summed E-state index contributed by atoms with van der Waals surface area (Å²) in [5, 5.41) is 9.16. The van der Waals surface area contributed by atoms with Crippen LogP contribution in [0.25, 0.3) is 0 Å². The van der Waals surface area contributed by atoms with E-state index in [1.165, 1.54) is 0 Å². The molecule has 0 saturated carbocycles. The second-order valence-electron chi connectivity index (χ2n) is 4.54. The fraction of sp³-hybridized carbons (Fsp3) is 0.750. The summed E-state index contributed by atoms with van der Waals surface area (Å²) in [4.78, 5) is 0. The molecule has 1 aromatic rings. The van der Waals surface area contributed by atoms with Gasteiger partial charge in [0.1, 0.15) is 0 Å². The van der Waals surface area contributed by atoms with Gasteiger partial charge in [0.05, 0.1) is 16.4 Å². The first-order valence-corrected chi connectivity index (χ1v) is 7.35. The highest BCUT2D eigenvalue weighted by Gasteiger charge is 2.16. The molecule has 1 atom stereocenters. The van der Waals surface area contributed by atoms with Gasteiger partial charge in [-0.2, -0.15) is 16.9 Å². The van der Waals surface area contributed by atoms with Crippen molar-refractivity contribution >= 4 is 23.4 Å². The van der Waals surface area contributed by atoms with Crippen LogP contribution in [0.1, 0.15) is 25.2 Å². The Kier molecular flexibility index (Phi) is 5.83. The minimum absolute atomic E-state index is 0.440. The number of aromatic nitrogens is 2. The second kappa shape index (κ2) is 6.66. The number of aryl methyl sites for hydroxylation is 2. The predicted octanol–water partition coefficient (Wildman–Crippen LogP) is 2.65. The molecule has 3 nitrogen and oxygen atoms in total. The Morgan fingerprint density at radius 2 is 2.12 bits per heavy atom. The Morgan fingerprint density at radius 3 is 2.53 bits per heavy atom. The van der Waals surface area contributed by atoms with E-state index in [0.717, 1.165) is 28.6 Å². The SMILES string of the molecule is CNC(CSC(C)C)Cc1c(Cl)c(C)nn1C. The van der Waals surface area contributed by atoms with Gasteiger partial charge in [0.2, 0.25) is 0 Å². The number of hydrogen-bond donors (Lipinski definition) is 1. The number of likely N-dealkylation sites (N-methyl/N-ethyl adjacent to an activating group) is 1. The van der Waals surface area contributed by atoms with Gasteiger partial charge in [-0.15, -0.1) is 0 Å². The Hall–Kier alpha value is -0.190. The molecule has 0 bridgehead atoms. The summed E-state index contributed by atoms with van der Waals surface area (Å²) in [6.07, 6.45) is 0.923. The lowest BCUT2D eigenvalue weighted by molar-refractivity contribution is 0.581. The summed E-state index contributed by atoms with van der Waals surface area (Å²) in [6.45, 7) is 6.39. The molecular weight excluding hydrogens is 254 g/mol. The summed E-state index contributed by atoms with van der Waals surface area (Å²) in [6, 6.07) is 0.440. The van der Waals surface area contributed by atoms with Crippen LogP contribution in [0.4, 0.5) is 0 Å². The average molecular weight is 276 g/mol. The third kappa shape index (κ3) is 4.19. The smallest absolute Gasteiger partial charge is 0.0847 e. The van der Waals surface area contributed by atoms with Crippen LogP contribution in [0.2, 0.25) is 5.02 Å². The predicted molar refractivity (Wildman–Crippen MR) is 77.1 cm³/mol. The lowest BCUT2D eigenvalue weighted by atomic mass is 10.2. The molecule has 0 saturated heterocycles. The molecule has 0 spiro atoms. The van der Waals surface area contributed by atoms with E-state index >= 15 is 0 Å². The minimum Gasteiger partial charge on any atom is -0.316 e. The molecule has 1 rings (SSSR count). The molecular formula is C12H22ClN3S. The fourth-order valence-electron chi connectivity index (χ4n) is 1.69. The first-order valence-electron chi connectivity index (χ1n) is 5.92. The number of hydrogen-bond acceptors (Lipinski definition) is 3. The van der Waals surface area contributed by atoms with Crippen LogP contribution >= 0.6 is 23.4 Å². The molecule has 0 aromatic carbocycles. The molecule has 0 amide bonds. The highest BCUT2D eigenvalue weighted by molar-refractivity contribution is 7.99. The van der Waals surface area contributed by atoms with Crippen molar-refractivity contribution in [3.8, 4) is 0 Å². The minimum atomic E-state index is 0.440. The number of nitrogens with one attached hydrogen (secondary N) is 1. The number of halogens is 1. The Balaban J connectivity index is 2.67. The van der Waals surface area contributed by atoms with Crippen LogP contribution in [-0.4, -0.2) is 33.9 Å². The first kappa shape index (κ1) is 14.9.